The molecule has 0 spiro atoms. The highest BCUT2D eigenvalue weighted by molar-refractivity contribution is 14.1. The van der Waals surface area contributed by atoms with Crippen LogP contribution in [0, 0.1) is 7.14 Å². The first-order chi connectivity index (χ1) is 14.7. The third-order valence-electron chi connectivity index (χ3n) is 4.57. The zero-order chi connectivity index (χ0) is 22.7. The second-order valence-electron chi connectivity index (χ2n) is 6.80. The van der Waals surface area contributed by atoms with E-state index in [4.69, 9.17) is 14.8 Å². The van der Waals surface area contributed by atoms with Crippen molar-refractivity contribution in [2.24, 2.45) is 5.10 Å². The van der Waals surface area contributed by atoms with E-state index in [1.54, 1.807) is 12.3 Å². The summed E-state index contributed by atoms with van der Waals surface area (Å²) in [6.07, 6.45) is 2.42. The number of rotatable bonds is 7. The van der Waals surface area contributed by atoms with E-state index in [9.17, 15) is 9.59 Å². The molecule has 0 unspecified atom stereocenters. The number of halogens is 3. The Kier molecular flexibility index (Phi) is 8.08. The summed E-state index contributed by atoms with van der Waals surface area (Å²) in [5.74, 6) is 0.120. The third-order valence-corrected chi connectivity index (χ3v) is 6.67. The van der Waals surface area contributed by atoms with E-state index in [1.165, 1.54) is 4.68 Å². The van der Waals surface area contributed by atoms with E-state index in [0.717, 1.165) is 23.6 Å². The first-order valence-electron chi connectivity index (χ1n) is 9.31. The second kappa shape index (κ2) is 10.4. The van der Waals surface area contributed by atoms with Crippen molar-refractivity contribution in [3.05, 3.63) is 63.7 Å². The Bertz CT molecular complexity index is 1220. The van der Waals surface area contributed by atoms with Crippen LogP contribution in [0.2, 0.25) is 0 Å². The molecule has 3 rings (SSSR count). The van der Waals surface area contributed by atoms with E-state index in [-0.39, 0.29) is 11.5 Å². The number of aromatic nitrogens is 2. The fourth-order valence-electron chi connectivity index (χ4n) is 2.83. The summed E-state index contributed by atoms with van der Waals surface area (Å²) in [6, 6.07) is 9.07. The average Bonchev–Trinajstić information content (AvgIpc) is 2.72. The summed E-state index contributed by atoms with van der Waals surface area (Å²) < 4.78 is 9.02. The molecule has 162 valence electrons. The monoisotopic (exact) mass is 709 g/mol. The van der Waals surface area contributed by atoms with Gasteiger partial charge in [-0.1, -0.05) is 29.8 Å². The molecule has 10 heteroatoms. The molecule has 7 nitrogen and oxygen atoms in total. The predicted octanol–water partition coefficient (Wildman–Crippen LogP) is 5.23. The number of fused-ring (bicyclic) bond motifs is 1. The molecule has 1 N–H and O–H groups in total. The van der Waals surface area contributed by atoms with Crippen molar-refractivity contribution in [1.29, 1.82) is 0 Å². The minimum absolute atomic E-state index is 0.0463. The second-order valence-corrected chi connectivity index (χ2v) is 10.0. The summed E-state index contributed by atoms with van der Waals surface area (Å²) in [6.45, 7) is 3.64. The molecular weight excluding hydrogens is 692 g/mol. The van der Waals surface area contributed by atoms with Gasteiger partial charge in [0.05, 0.1) is 24.3 Å². The van der Waals surface area contributed by atoms with Gasteiger partial charge in [-0.2, -0.15) is 9.78 Å². The molecule has 0 radical (unpaired) electrons. The zero-order valence-corrected chi connectivity index (χ0v) is 22.5. The van der Waals surface area contributed by atoms with Gasteiger partial charge in [-0.05, 0) is 87.5 Å². The van der Waals surface area contributed by atoms with E-state index in [2.05, 4.69) is 66.2 Å². The van der Waals surface area contributed by atoms with Gasteiger partial charge in [0.1, 0.15) is 11.6 Å². The van der Waals surface area contributed by atoms with Crippen LogP contribution in [0.1, 0.15) is 37.6 Å². The van der Waals surface area contributed by atoms with Crippen molar-refractivity contribution in [3.8, 4) is 5.75 Å². The number of aliphatic carboxylic acids is 1. The van der Waals surface area contributed by atoms with Crippen LogP contribution >= 0.6 is 61.1 Å². The minimum atomic E-state index is -1.04. The predicted molar refractivity (Wildman–Crippen MR) is 140 cm³/mol. The highest BCUT2D eigenvalue weighted by atomic mass is 127. The summed E-state index contributed by atoms with van der Waals surface area (Å²) in [4.78, 5) is 28.7. The lowest BCUT2D eigenvalue weighted by molar-refractivity contribution is -0.139. The van der Waals surface area contributed by atoms with Crippen LogP contribution in [0.25, 0.3) is 10.9 Å². The molecule has 0 amide bonds. The summed E-state index contributed by atoms with van der Waals surface area (Å²) in [7, 11) is 0. The molecule has 31 heavy (non-hydrogen) atoms. The van der Waals surface area contributed by atoms with E-state index in [0.29, 0.717) is 22.5 Å². The normalized spacial score (nSPS) is 12.4. The summed E-state index contributed by atoms with van der Waals surface area (Å²) in [5, 5.41) is 13.8. The Labute approximate surface area is 214 Å². The van der Waals surface area contributed by atoms with E-state index >= 15 is 0 Å². The Hall–Kier alpha value is -1.54. The van der Waals surface area contributed by atoms with Crippen molar-refractivity contribution < 1.29 is 14.6 Å². The van der Waals surface area contributed by atoms with Gasteiger partial charge in [0.2, 0.25) is 0 Å². The molecule has 0 fully saturated rings. The molecule has 3 aromatic rings. The maximum atomic E-state index is 13.2. The number of ether oxygens (including phenoxy) is 1. The third kappa shape index (κ3) is 5.64. The van der Waals surface area contributed by atoms with Gasteiger partial charge in [0.25, 0.3) is 5.56 Å². The molecule has 1 atom stereocenters. The van der Waals surface area contributed by atoms with Crippen molar-refractivity contribution >= 4 is 84.2 Å². The fourth-order valence-corrected chi connectivity index (χ4v) is 5.32. The van der Waals surface area contributed by atoms with Gasteiger partial charge in [-0.25, -0.2) is 9.78 Å². The van der Waals surface area contributed by atoms with Crippen molar-refractivity contribution in [3.63, 3.8) is 0 Å². The topological polar surface area (TPSA) is 93.8 Å². The highest BCUT2D eigenvalue weighted by Crippen LogP contribution is 2.28. The molecule has 0 aliphatic heterocycles. The number of nitrogens with zero attached hydrogens (tertiary/aromatic N) is 3. The van der Waals surface area contributed by atoms with E-state index < -0.39 is 12.6 Å². The quantitative estimate of drug-likeness (QED) is 0.268. The molecule has 1 heterocycles. The molecule has 0 bridgehead atoms. The van der Waals surface area contributed by atoms with Crippen LogP contribution in [0.15, 0.2) is 44.7 Å². The van der Waals surface area contributed by atoms with Gasteiger partial charge in [0.15, 0.2) is 6.61 Å². The first kappa shape index (κ1) is 24.1. The van der Waals surface area contributed by atoms with Crippen LogP contribution in [-0.2, 0) is 4.79 Å². The molecule has 1 aromatic heterocycles. The molecule has 0 saturated carbocycles. The summed E-state index contributed by atoms with van der Waals surface area (Å²) >= 11 is 7.58. The highest BCUT2D eigenvalue weighted by Gasteiger charge is 2.16. The lowest BCUT2D eigenvalue weighted by Gasteiger charge is -2.14. The standard InChI is InChI=1S/C21H18BrI2N3O4/c1-3-11(2)20-26-17-5-4-13(22)8-14(17)21(30)27(20)25-9-12-6-15(23)19(16(24)7-12)31-10-18(28)29/h4-9,11H,3,10H2,1-2H3,(H,28,29)/t11-/m0/s1. The van der Waals surface area contributed by atoms with Crippen LogP contribution < -0.4 is 10.3 Å². The minimum Gasteiger partial charge on any atom is -0.480 e. The Balaban J connectivity index is 2.07. The number of carboxylic acids is 1. The maximum absolute atomic E-state index is 13.2. The Morgan fingerprint density at radius 3 is 2.61 bits per heavy atom. The SMILES string of the molecule is CC[C@H](C)c1nc2ccc(Br)cc2c(=O)n1N=Cc1cc(I)c(OCC(=O)O)c(I)c1. The molecule has 2 aromatic carbocycles. The molecule has 0 saturated heterocycles. The lowest BCUT2D eigenvalue weighted by atomic mass is 10.1. The van der Waals surface area contributed by atoms with Crippen molar-refractivity contribution in [2.75, 3.05) is 6.61 Å². The smallest absolute Gasteiger partial charge is 0.341 e. The first-order valence-corrected chi connectivity index (χ1v) is 12.3. The van der Waals surface area contributed by atoms with Crippen LogP contribution in [-0.4, -0.2) is 33.6 Å². The Morgan fingerprint density at radius 1 is 1.32 bits per heavy atom. The van der Waals surface area contributed by atoms with Crippen LogP contribution in [0.5, 0.6) is 5.75 Å². The number of hydrogen-bond donors (Lipinski definition) is 1. The molecule has 0 aliphatic rings. The van der Waals surface area contributed by atoms with E-state index in [1.807, 2.05) is 38.1 Å². The number of carbonyl (C=O) groups is 1. The average molecular weight is 710 g/mol. The van der Waals surface area contributed by atoms with Crippen LogP contribution in [0.4, 0.5) is 0 Å². The van der Waals surface area contributed by atoms with Gasteiger partial charge in [-0.15, -0.1) is 0 Å². The fraction of sp³-hybridized carbons (Fsp3) is 0.238. The summed E-state index contributed by atoms with van der Waals surface area (Å²) in [5.41, 5.74) is 1.16. The number of hydrogen-bond acceptors (Lipinski definition) is 5. The Morgan fingerprint density at radius 2 is 2.00 bits per heavy atom. The lowest BCUT2D eigenvalue weighted by Crippen LogP contribution is -2.23. The molecule has 0 aliphatic carbocycles. The maximum Gasteiger partial charge on any atom is 0.341 e. The van der Waals surface area contributed by atoms with Gasteiger partial charge >= 0.3 is 5.97 Å². The molecular formula is C21H18BrI2N3O4. The van der Waals surface area contributed by atoms with Crippen molar-refractivity contribution in [1.82, 2.24) is 9.66 Å². The number of carboxylic acid groups (broad SMARTS) is 1. The number of benzene rings is 2. The van der Waals surface area contributed by atoms with Crippen LogP contribution in [0.3, 0.4) is 0 Å². The largest absolute Gasteiger partial charge is 0.480 e. The van der Waals surface area contributed by atoms with Gasteiger partial charge in [-0.3, -0.25) is 4.79 Å². The zero-order valence-electron chi connectivity index (χ0n) is 16.6. The van der Waals surface area contributed by atoms with Crippen molar-refractivity contribution in [2.45, 2.75) is 26.2 Å². The van der Waals surface area contributed by atoms with Gasteiger partial charge < -0.3 is 9.84 Å². The van der Waals surface area contributed by atoms with Gasteiger partial charge in [0, 0.05) is 10.4 Å².